The van der Waals surface area contributed by atoms with Crippen LogP contribution in [-0.4, -0.2) is 16.8 Å². The Balaban J connectivity index is 2.32. The van der Waals surface area contributed by atoms with Gasteiger partial charge in [0.2, 0.25) is 0 Å². The minimum absolute atomic E-state index is 0.850. The van der Waals surface area contributed by atoms with Crippen LogP contribution >= 0.6 is 23.2 Å². The van der Waals surface area contributed by atoms with Crippen LogP contribution in [0.2, 0.25) is 5.82 Å². The summed E-state index contributed by atoms with van der Waals surface area (Å²) in [7, 11) is 0. The molecule has 1 aliphatic rings. The Morgan fingerprint density at radius 1 is 1.10 bits per heavy atom. The quantitative estimate of drug-likeness (QED) is 0.590. The first-order valence-corrected chi connectivity index (χ1v) is 6.04. The molecular weight excluding hydrogens is 159 g/mol. The van der Waals surface area contributed by atoms with Gasteiger partial charge in [-0.3, -0.25) is 0 Å². The zero-order chi connectivity index (χ0) is 7.56. The second-order valence-electron chi connectivity index (χ2n) is 3.21. The fraction of sp³-hybridized carbons (Fsp3) is 1.00. The molecule has 0 spiro atoms. The molecule has 0 bridgehead atoms. The van der Waals surface area contributed by atoms with Crippen molar-refractivity contribution in [1.82, 2.24) is 0 Å². The molecule has 0 aliphatic carbocycles. The van der Waals surface area contributed by atoms with Gasteiger partial charge in [0.15, 0.2) is 0 Å². The Labute approximate surface area is 72.8 Å². The SMILES string of the molecule is CC(C)C(C)B1SCCS1. The van der Waals surface area contributed by atoms with Gasteiger partial charge in [-0.2, -0.15) is 23.2 Å². The Morgan fingerprint density at radius 3 is 2.00 bits per heavy atom. The molecule has 1 fully saturated rings. The highest BCUT2D eigenvalue weighted by Crippen LogP contribution is 2.39. The van der Waals surface area contributed by atoms with Gasteiger partial charge in [0, 0.05) is 0 Å². The zero-order valence-electron chi connectivity index (χ0n) is 6.96. The highest BCUT2D eigenvalue weighted by atomic mass is 32.2. The third-order valence-corrected chi connectivity index (χ3v) is 5.60. The zero-order valence-corrected chi connectivity index (χ0v) is 8.60. The molecule has 1 saturated heterocycles. The second kappa shape index (κ2) is 3.96. The van der Waals surface area contributed by atoms with E-state index in [9.17, 15) is 0 Å². The van der Waals surface area contributed by atoms with Crippen LogP contribution in [0.15, 0.2) is 0 Å². The summed E-state index contributed by atoms with van der Waals surface area (Å²) in [5.74, 6) is 4.47. The Kier molecular flexibility index (Phi) is 3.51. The van der Waals surface area contributed by atoms with E-state index in [0.717, 1.165) is 17.0 Å². The first-order chi connectivity index (χ1) is 4.72. The fourth-order valence-electron chi connectivity index (χ4n) is 0.994. The largest absolute Gasteiger partial charge is 0.276 e. The van der Waals surface area contributed by atoms with Crippen molar-refractivity contribution in [3.05, 3.63) is 0 Å². The maximum atomic E-state index is 2.38. The summed E-state index contributed by atoms with van der Waals surface area (Å²) in [6.07, 6.45) is 0. The first-order valence-electron chi connectivity index (χ1n) is 3.95. The van der Waals surface area contributed by atoms with Crippen LogP contribution < -0.4 is 0 Å². The molecule has 10 heavy (non-hydrogen) atoms. The monoisotopic (exact) mass is 174 g/mol. The van der Waals surface area contributed by atoms with Crippen LogP contribution in [0.3, 0.4) is 0 Å². The van der Waals surface area contributed by atoms with Crippen molar-refractivity contribution < 1.29 is 0 Å². The summed E-state index contributed by atoms with van der Waals surface area (Å²) >= 11 is 4.28. The van der Waals surface area contributed by atoms with Gasteiger partial charge in [-0.25, -0.2) is 0 Å². The number of hydrogen-bond donors (Lipinski definition) is 0. The Bertz CT molecular complexity index is 99.8. The molecule has 0 saturated carbocycles. The lowest BCUT2D eigenvalue weighted by Gasteiger charge is -2.17. The molecule has 0 aromatic heterocycles. The van der Waals surface area contributed by atoms with Gasteiger partial charge in [-0.05, 0) is 23.2 Å². The molecule has 58 valence electrons. The van der Waals surface area contributed by atoms with E-state index < -0.39 is 0 Å². The van der Waals surface area contributed by atoms with Crippen molar-refractivity contribution in [2.45, 2.75) is 26.6 Å². The summed E-state index contributed by atoms with van der Waals surface area (Å²) < 4.78 is 0. The first kappa shape index (κ1) is 8.86. The molecule has 1 aliphatic heterocycles. The van der Waals surface area contributed by atoms with E-state index in [1.165, 1.54) is 11.5 Å². The molecule has 0 aromatic rings. The molecule has 1 atom stereocenters. The van der Waals surface area contributed by atoms with Crippen molar-refractivity contribution in [2.75, 3.05) is 11.5 Å². The minimum atomic E-state index is 0.850. The van der Waals surface area contributed by atoms with Gasteiger partial charge in [-0.15, -0.1) is 0 Å². The van der Waals surface area contributed by atoms with Crippen LogP contribution in [0.5, 0.6) is 0 Å². The fourth-order valence-corrected chi connectivity index (χ4v) is 4.43. The van der Waals surface area contributed by atoms with E-state index in [0.29, 0.717) is 0 Å². The number of rotatable bonds is 2. The minimum Gasteiger partial charge on any atom is -0.194 e. The maximum absolute atomic E-state index is 2.38. The van der Waals surface area contributed by atoms with E-state index in [-0.39, 0.29) is 0 Å². The van der Waals surface area contributed by atoms with Crippen LogP contribution in [0, 0.1) is 5.92 Å². The summed E-state index contributed by atoms with van der Waals surface area (Å²) in [5.41, 5.74) is 0. The summed E-state index contributed by atoms with van der Waals surface area (Å²) in [6.45, 7) is 7.02. The molecule has 0 amide bonds. The van der Waals surface area contributed by atoms with Gasteiger partial charge in [0.05, 0.1) is 0 Å². The van der Waals surface area contributed by atoms with Gasteiger partial charge in [0.25, 0.3) is 5.27 Å². The van der Waals surface area contributed by atoms with E-state index in [4.69, 9.17) is 0 Å². The highest BCUT2D eigenvalue weighted by molar-refractivity contribution is 8.56. The lowest BCUT2D eigenvalue weighted by atomic mass is 9.77. The molecule has 0 aromatic carbocycles. The molecular formula is C7H15BS2. The van der Waals surface area contributed by atoms with E-state index >= 15 is 0 Å². The lowest BCUT2D eigenvalue weighted by Crippen LogP contribution is -2.12. The van der Waals surface area contributed by atoms with Crippen molar-refractivity contribution in [3.63, 3.8) is 0 Å². The van der Waals surface area contributed by atoms with E-state index in [1.807, 2.05) is 0 Å². The standard InChI is InChI=1S/C7H15BS2/c1-6(2)7(3)8-9-4-5-10-8/h6-7H,4-5H2,1-3H3. The molecule has 1 rings (SSSR count). The van der Waals surface area contributed by atoms with Crippen molar-refractivity contribution in [2.24, 2.45) is 5.92 Å². The molecule has 1 unspecified atom stereocenters. The summed E-state index contributed by atoms with van der Waals surface area (Å²) in [4.78, 5) is 0. The van der Waals surface area contributed by atoms with Crippen LogP contribution in [-0.2, 0) is 0 Å². The lowest BCUT2D eigenvalue weighted by molar-refractivity contribution is 0.622. The van der Waals surface area contributed by atoms with Crippen LogP contribution in [0.25, 0.3) is 0 Å². The van der Waals surface area contributed by atoms with Gasteiger partial charge in [0.1, 0.15) is 0 Å². The van der Waals surface area contributed by atoms with Gasteiger partial charge < -0.3 is 0 Å². The third-order valence-electron chi connectivity index (χ3n) is 2.13. The van der Waals surface area contributed by atoms with E-state index in [2.05, 4.69) is 44.0 Å². The molecule has 1 heterocycles. The average Bonchev–Trinajstić information content (AvgIpc) is 2.36. The Morgan fingerprint density at radius 2 is 1.60 bits per heavy atom. The highest BCUT2D eigenvalue weighted by Gasteiger charge is 2.28. The van der Waals surface area contributed by atoms with Gasteiger partial charge >= 0.3 is 0 Å². The van der Waals surface area contributed by atoms with Crippen molar-refractivity contribution in [3.8, 4) is 0 Å². The predicted molar refractivity (Wildman–Crippen MR) is 54.9 cm³/mol. The molecule has 0 nitrogen and oxygen atoms in total. The van der Waals surface area contributed by atoms with Gasteiger partial charge in [-0.1, -0.05) is 20.8 Å². The number of hydrogen-bond acceptors (Lipinski definition) is 2. The predicted octanol–water partition coefficient (Wildman–Crippen LogP) is 3.00. The van der Waals surface area contributed by atoms with Crippen LogP contribution in [0.4, 0.5) is 0 Å². The Hall–Kier alpha value is 0.765. The third kappa shape index (κ3) is 2.13. The average molecular weight is 174 g/mol. The summed E-state index contributed by atoms with van der Waals surface area (Å²) in [6, 6.07) is 0. The molecule has 0 N–H and O–H groups in total. The molecule has 3 heteroatoms. The van der Waals surface area contributed by atoms with Crippen LogP contribution in [0.1, 0.15) is 20.8 Å². The van der Waals surface area contributed by atoms with E-state index in [1.54, 1.807) is 0 Å². The second-order valence-corrected chi connectivity index (χ2v) is 6.01. The molecule has 0 radical (unpaired) electrons. The summed E-state index contributed by atoms with van der Waals surface area (Å²) in [5, 5.41) is 0.889. The smallest absolute Gasteiger partial charge is 0.194 e. The normalized spacial score (nSPS) is 22.2. The topological polar surface area (TPSA) is 0 Å². The van der Waals surface area contributed by atoms with Crippen molar-refractivity contribution >= 4 is 28.5 Å². The van der Waals surface area contributed by atoms with Crippen molar-refractivity contribution in [1.29, 1.82) is 0 Å². The maximum Gasteiger partial charge on any atom is 0.276 e.